The maximum absolute atomic E-state index is 9.76. The fraction of sp³-hybridized carbons (Fsp3) is 0.0870. The van der Waals surface area contributed by atoms with Crippen molar-refractivity contribution in [1.29, 1.82) is 5.26 Å². The third kappa shape index (κ3) is 3.45. The first-order valence-corrected chi connectivity index (χ1v) is 10.3. The summed E-state index contributed by atoms with van der Waals surface area (Å²) in [5.41, 5.74) is 4.89. The molecule has 2 aromatic carbocycles. The number of nitriles is 1. The first kappa shape index (κ1) is 18.2. The predicted octanol–water partition coefficient (Wildman–Crippen LogP) is 5.04. The number of benzene rings is 2. The first-order chi connectivity index (χ1) is 14.8. The molecule has 0 amide bonds. The van der Waals surface area contributed by atoms with Gasteiger partial charge in [-0.3, -0.25) is 5.10 Å². The Morgan fingerprint density at radius 1 is 1.07 bits per heavy atom. The summed E-state index contributed by atoms with van der Waals surface area (Å²) in [4.78, 5) is 4.65. The molecule has 146 valence electrons. The van der Waals surface area contributed by atoms with Crippen molar-refractivity contribution in [3.05, 3.63) is 70.7 Å². The molecule has 3 heterocycles. The van der Waals surface area contributed by atoms with Gasteiger partial charge < -0.3 is 9.47 Å². The van der Waals surface area contributed by atoms with Crippen LogP contribution in [0.15, 0.2) is 60.1 Å². The van der Waals surface area contributed by atoms with Crippen LogP contribution >= 0.6 is 11.3 Å². The van der Waals surface area contributed by atoms with Crippen LogP contribution in [0.1, 0.15) is 10.6 Å². The lowest BCUT2D eigenvalue weighted by molar-refractivity contribution is 0.171. The third-order valence-electron chi connectivity index (χ3n) is 4.72. The van der Waals surface area contributed by atoms with E-state index in [9.17, 15) is 5.26 Å². The van der Waals surface area contributed by atoms with Gasteiger partial charge in [0.05, 0.1) is 23.2 Å². The van der Waals surface area contributed by atoms with Crippen molar-refractivity contribution < 1.29 is 9.47 Å². The summed E-state index contributed by atoms with van der Waals surface area (Å²) in [5.74, 6) is 1.44. The molecule has 0 saturated carbocycles. The van der Waals surface area contributed by atoms with Gasteiger partial charge in [0.15, 0.2) is 11.5 Å². The van der Waals surface area contributed by atoms with Crippen molar-refractivity contribution in [1.82, 2.24) is 15.2 Å². The van der Waals surface area contributed by atoms with E-state index in [1.807, 2.05) is 60.0 Å². The first-order valence-electron chi connectivity index (χ1n) is 9.38. The number of ether oxygens (including phenoxy) is 2. The van der Waals surface area contributed by atoms with Gasteiger partial charge in [-0.15, -0.1) is 11.3 Å². The summed E-state index contributed by atoms with van der Waals surface area (Å²) < 4.78 is 11.3. The fourth-order valence-electron chi connectivity index (χ4n) is 3.27. The van der Waals surface area contributed by atoms with Crippen LogP contribution in [-0.2, 0) is 0 Å². The number of nitrogens with zero attached hydrogens (tertiary/aromatic N) is 3. The molecule has 0 aliphatic carbocycles. The van der Waals surface area contributed by atoms with E-state index in [1.165, 1.54) is 11.3 Å². The molecule has 0 unspecified atom stereocenters. The van der Waals surface area contributed by atoms with E-state index < -0.39 is 0 Å². The van der Waals surface area contributed by atoms with E-state index in [-0.39, 0.29) is 0 Å². The number of nitrogens with one attached hydrogen (secondary N) is 1. The van der Waals surface area contributed by atoms with Crippen LogP contribution in [0.3, 0.4) is 0 Å². The lowest BCUT2D eigenvalue weighted by Gasteiger charge is -2.18. The van der Waals surface area contributed by atoms with Crippen LogP contribution in [0.5, 0.6) is 11.5 Å². The van der Waals surface area contributed by atoms with Gasteiger partial charge in [-0.1, -0.05) is 30.3 Å². The lowest BCUT2D eigenvalue weighted by Crippen LogP contribution is -2.15. The monoisotopic (exact) mass is 412 g/mol. The molecule has 0 radical (unpaired) electrons. The molecule has 1 N–H and O–H groups in total. The van der Waals surface area contributed by atoms with Crippen molar-refractivity contribution in [3.63, 3.8) is 0 Å². The summed E-state index contributed by atoms with van der Waals surface area (Å²) in [6, 6.07) is 17.9. The number of allylic oxidation sites excluding steroid dienone is 1. The van der Waals surface area contributed by atoms with Crippen LogP contribution in [0, 0.1) is 11.3 Å². The number of hydrogen-bond donors (Lipinski definition) is 1. The number of fused-ring (bicyclic) bond motifs is 1. The highest BCUT2D eigenvalue weighted by atomic mass is 32.1. The third-order valence-corrected chi connectivity index (χ3v) is 5.60. The van der Waals surface area contributed by atoms with Gasteiger partial charge in [0.25, 0.3) is 0 Å². The molecular formula is C23H16N4O2S. The highest BCUT2D eigenvalue weighted by molar-refractivity contribution is 7.11. The standard InChI is InChI=1S/C23H16N4O2S/c24-12-17(23-26-19(14-30-23)15-4-2-1-3-5-15)10-18-13-25-27-22(18)16-6-7-20-21(11-16)29-9-8-28-20/h1-7,10-11,13-14H,8-9H2,(H,25,27)/b17-10+. The Hall–Kier alpha value is -3.89. The Morgan fingerprint density at radius 2 is 1.90 bits per heavy atom. The number of hydrogen-bond acceptors (Lipinski definition) is 6. The fourth-order valence-corrected chi connectivity index (χ4v) is 4.07. The molecule has 6 nitrogen and oxygen atoms in total. The second-order valence-corrected chi connectivity index (χ2v) is 7.49. The van der Waals surface area contributed by atoms with Gasteiger partial charge in [-0.25, -0.2) is 4.98 Å². The molecule has 0 fully saturated rings. The normalized spacial score (nSPS) is 13.1. The Labute approximate surface area is 177 Å². The summed E-state index contributed by atoms with van der Waals surface area (Å²) in [7, 11) is 0. The van der Waals surface area contributed by atoms with E-state index in [1.54, 1.807) is 6.20 Å². The molecule has 5 rings (SSSR count). The van der Waals surface area contributed by atoms with Crippen molar-refractivity contribution in [2.45, 2.75) is 0 Å². The molecule has 4 aromatic rings. The highest BCUT2D eigenvalue weighted by Crippen LogP contribution is 2.36. The smallest absolute Gasteiger partial charge is 0.162 e. The van der Waals surface area contributed by atoms with Gasteiger partial charge >= 0.3 is 0 Å². The van der Waals surface area contributed by atoms with Crippen LogP contribution in [0.4, 0.5) is 0 Å². The largest absolute Gasteiger partial charge is 0.486 e. The average molecular weight is 412 g/mol. The van der Waals surface area contributed by atoms with Crippen LogP contribution in [-0.4, -0.2) is 28.4 Å². The quantitative estimate of drug-likeness (QED) is 0.475. The van der Waals surface area contributed by atoms with Crippen molar-refractivity contribution >= 4 is 23.0 Å². The number of aromatic nitrogens is 3. The van der Waals surface area contributed by atoms with Gasteiger partial charge in [0.2, 0.25) is 0 Å². The van der Waals surface area contributed by atoms with E-state index in [0.717, 1.165) is 33.8 Å². The molecule has 0 bridgehead atoms. The van der Waals surface area contributed by atoms with Gasteiger partial charge in [0, 0.05) is 22.1 Å². The molecule has 0 atom stereocenters. The summed E-state index contributed by atoms with van der Waals surface area (Å²) >= 11 is 1.45. The zero-order valence-electron chi connectivity index (χ0n) is 15.8. The van der Waals surface area contributed by atoms with Crippen LogP contribution in [0.2, 0.25) is 0 Å². The van der Waals surface area contributed by atoms with E-state index >= 15 is 0 Å². The number of H-pyrrole nitrogens is 1. The number of aromatic amines is 1. The Kier molecular flexibility index (Phi) is 4.75. The topological polar surface area (TPSA) is 83.8 Å². The lowest BCUT2D eigenvalue weighted by atomic mass is 10.1. The molecule has 0 spiro atoms. The number of thiazole rings is 1. The average Bonchev–Trinajstić information content (AvgIpc) is 3.47. The Bertz CT molecular complexity index is 1270. The second kappa shape index (κ2) is 7.85. The molecule has 1 aliphatic heterocycles. The van der Waals surface area contributed by atoms with Gasteiger partial charge in [-0.2, -0.15) is 10.4 Å². The number of rotatable bonds is 4. The van der Waals surface area contributed by atoms with Gasteiger partial charge in [0.1, 0.15) is 24.3 Å². The minimum atomic E-state index is 0.488. The van der Waals surface area contributed by atoms with Crippen molar-refractivity contribution in [2.24, 2.45) is 0 Å². The minimum Gasteiger partial charge on any atom is -0.486 e. The maximum Gasteiger partial charge on any atom is 0.162 e. The molecule has 1 aliphatic rings. The molecule has 0 saturated heterocycles. The SMILES string of the molecule is N#C/C(=C\c1cn[nH]c1-c1ccc2c(c1)OCCO2)c1nc(-c2ccccc2)cs1. The summed E-state index contributed by atoms with van der Waals surface area (Å²) in [6.07, 6.45) is 3.51. The van der Waals surface area contributed by atoms with Crippen LogP contribution in [0.25, 0.3) is 34.2 Å². The molecular weight excluding hydrogens is 396 g/mol. The Balaban J connectivity index is 1.49. The molecule has 2 aromatic heterocycles. The van der Waals surface area contributed by atoms with Crippen molar-refractivity contribution in [3.8, 4) is 40.1 Å². The van der Waals surface area contributed by atoms with E-state index in [4.69, 9.17) is 9.47 Å². The zero-order chi connectivity index (χ0) is 20.3. The highest BCUT2D eigenvalue weighted by Gasteiger charge is 2.16. The van der Waals surface area contributed by atoms with E-state index in [0.29, 0.717) is 29.5 Å². The Morgan fingerprint density at radius 3 is 2.73 bits per heavy atom. The molecule has 30 heavy (non-hydrogen) atoms. The predicted molar refractivity (Wildman–Crippen MR) is 116 cm³/mol. The summed E-state index contributed by atoms with van der Waals surface area (Å²) in [5, 5.41) is 19.6. The molecule has 7 heteroatoms. The minimum absolute atomic E-state index is 0.488. The van der Waals surface area contributed by atoms with E-state index in [2.05, 4.69) is 21.3 Å². The zero-order valence-corrected chi connectivity index (χ0v) is 16.6. The van der Waals surface area contributed by atoms with Crippen molar-refractivity contribution in [2.75, 3.05) is 13.2 Å². The van der Waals surface area contributed by atoms with Crippen LogP contribution < -0.4 is 9.47 Å². The second-order valence-electron chi connectivity index (χ2n) is 6.63. The maximum atomic E-state index is 9.76. The van der Waals surface area contributed by atoms with Gasteiger partial charge in [-0.05, 0) is 24.3 Å². The summed E-state index contributed by atoms with van der Waals surface area (Å²) in [6.45, 7) is 1.08.